The third-order valence-corrected chi connectivity index (χ3v) is 11.3. The topological polar surface area (TPSA) is 217 Å². The molecule has 1 aliphatic carbocycles. The van der Waals surface area contributed by atoms with E-state index in [0.29, 0.717) is 31.0 Å². The summed E-state index contributed by atoms with van der Waals surface area (Å²) in [7, 11) is 0. The van der Waals surface area contributed by atoms with E-state index in [4.69, 9.17) is 19.9 Å². The average molecular weight is 754 g/mol. The van der Waals surface area contributed by atoms with E-state index in [0.717, 1.165) is 46.8 Å². The summed E-state index contributed by atoms with van der Waals surface area (Å²) in [6.07, 6.45) is -5.34. The van der Waals surface area contributed by atoms with E-state index in [2.05, 4.69) is 45.5 Å². The molecule has 10 N–H and O–H groups in total. The van der Waals surface area contributed by atoms with Crippen molar-refractivity contribution in [2.75, 3.05) is 31.6 Å². The van der Waals surface area contributed by atoms with E-state index >= 15 is 0 Å². The van der Waals surface area contributed by atoms with Crippen molar-refractivity contribution in [2.45, 2.75) is 101 Å². The van der Waals surface area contributed by atoms with Gasteiger partial charge in [-0.15, -0.1) is 11.3 Å². The Morgan fingerprint density at radius 2 is 1.85 bits per heavy atom. The summed E-state index contributed by atoms with van der Waals surface area (Å²) in [5.41, 5.74) is 10.6. The molecule has 3 aromatic rings. The number of hydrogen-bond acceptors (Lipinski definition) is 14. The summed E-state index contributed by atoms with van der Waals surface area (Å²) >= 11 is 1.70. The normalized spacial score (nSPS) is 27.1. The van der Waals surface area contributed by atoms with Gasteiger partial charge >= 0.3 is 5.97 Å². The largest absolute Gasteiger partial charge is 0.461 e. The fourth-order valence-electron chi connectivity index (χ4n) is 6.73. The van der Waals surface area contributed by atoms with Gasteiger partial charge in [-0.2, -0.15) is 0 Å². The van der Waals surface area contributed by atoms with Gasteiger partial charge in [0.15, 0.2) is 6.29 Å². The van der Waals surface area contributed by atoms with Crippen LogP contribution >= 0.6 is 11.3 Å². The number of carbonyl (C=O) groups excluding carboxylic acids is 2. The van der Waals surface area contributed by atoms with Gasteiger partial charge in [0.1, 0.15) is 36.6 Å². The minimum atomic E-state index is -1.59. The van der Waals surface area contributed by atoms with Gasteiger partial charge in [-0.05, 0) is 80.1 Å². The van der Waals surface area contributed by atoms with Crippen molar-refractivity contribution in [1.29, 1.82) is 0 Å². The predicted molar refractivity (Wildman–Crippen MR) is 199 cm³/mol. The van der Waals surface area contributed by atoms with E-state index in [1.54, 1.807) is 11.3 Å². The van der Waals surface area contributed by atoms with Gasteiger partial charge in [0.25, 0.3) is 5.91 Å². The average Bonchev–Trinajstić information content (AvgIpc) is 3.81. The number of carbonyl (C=O) groups is 2. The van der Waals surface area contributed by atoms with Crippen molar-refractivity contribution in [3.8, 4) is 10.4 Å². The third kappa shape index (κ3) is 9.80. The Morgan fingerprint density at radius 3 is 2.60 bits per heavy atom. The van der Waals surface area contributed by atoms with E-state index in [-0.39, 0.29) is 30.7 Å². The number of nitrogens with two attached hydrogens (primary N) is 1. The Balaban J connectivity index is 0.944. The van der Waals surface area contributed by atoms with Crippen LogP contribution in [0.2, 0.25) is 0 Å². The third-order valence-electron chi connectivity index (χ3n) is 10.1. The monoisotopic (exact) mass is 753 g/mol. The molecule has 3 fully saturated rings. The number of thiophene rings is 1. The maximum atomic E-state index is 13.3. The van der Waals surface area contributed by atoms with E-state index < -0.39 is 49.3 Å². The molecule has 6 rings (SSSR count). The standard InChI is InChI=1S/C38H51N5O9S/c1-20-6-7-25(43-26-15-40-16-26)14-29(20)36(48)42-21(2)22-4-3-5-23(12-22)32-11-10-28(53-32)17-41-24-8-9-27(13-24)51-37(49)30(39)19-50-38-35(47)34(46)33(45)31(18-44)52-38/h3-7,10-12,14,21,24,26-27,30-31,33-35,38,40-41,43-47H,8-9,13,15-19,39H2,1-2H3,(H,42,48)/t21-,24+,27-,30+,31?,33-,34+,35?,38-/m1/s1. The zero-order chi connectivity index (χ0) is 37.6. The van der Waals surface area contributed by atoms with Crippen LogP contribution in [0.1, 0.15) is 58.6 Å². The highest BCUT2D eigenvalue weighted by molar-refractivity contribution is 7.15. The molecule has 3 aliphatic rings. The number of ether oxygens (including phenoxy) is 3. The Labute approximate surface area is 313 Å². The number of anilines is 1. The maximum absolute atomic E-state index is 13.3. The number of nitrogens with one attached hydrogen (secondary N) is 4. The molecule has 0 bridgehead atoms. The molecular weight excluding hydrogens is 703 g/mol. The molecule has 1 aromatic heterocycles. The van der Waals surface area contributed by atoms with E-state index in [1.165, 1.54) is 4.88 Å². The van der Waals surface area contributed by atoms with Crippen molar-refractivity contribution in [3.63, 3.8) is 0 Å². The van der Waals surface area contributed by atoms with Crippen molar-refractivity contribution < 1.29 is 44.2 Å². The second-order valence-corrected chi connectivity index (χ2v) is 15.4. The van der Waals surface area contributed by atoms with E-state index in [1.807, 2.05) is 44.2 Å². The summed E-state index contributed by atoms with van der Waals surface area (Å²) in [4.78, 5) is 28.3. The summed E-state index contributed by atoms with van der Waals surface area (Å²) in [6.45, 7) is 5.51. The van der Waals surface area contributed by atoms with Crippen LogP contribution < -0.4 is 27.0 Å². The summed E-state index contributed by atoms with van der Waals surface area (Å²) in [5, 5.41) is 52.8. The van der Waals surface area contributed by atoms with Crippen molar-refractivity contribution in [3.05, 3.63) is 76.2 Å². The number of esters is 1. The molecule has 9 atom stereocenters. The molecule has 2 unspecified atom stereocenters. The lowest BCUT2D eigenvalue weighted by Crippen LogP contribution is -2.59. The van der Waals surface area contributed by atoms with Crippen LogP contribution in [-0.2, 0) is 25.5 Å². The molecule has 2 aliphatic heterocycles. The second-order valence-electron chi connectivity index (χ2n) is 14.2. The number of benzene rings is 2. The van der Waals surface area contributed by atoms with Crippen LogP contribution in [0.5, 0.6) is 0 Å². The van der Waals surface area contributed by atoms with Gasteiger partial charge in [0.2, 0.25) is 0 Å². The first-order valence-electron chi connectivity index (χ1n) is 18.2. The Kier molecular flexibility index (Phi) is 13.2. The Morgan fingerprint density at radius 1 is 1.04 bits per heavy atom. The molecule has 2 saturated heterocycles. The number of hydrogen-bond donors (Lipinski definition) is 9. The molecule has 0 spiro atoms. The lowest BCUT2D eigenvalue weighted by Gasteiger charge is -2.39. The molecule has 3 heterocycles. The Hall–Kier alpha value is -3.48. The SMILES string of the molecule is Cc1ccc(NC2CNC2)cc1C(=O)N[C@H](C)c1cccc(-c2ccc(CN[C@H]3CC[C@@H](OC(=O)[C@@H](N)CO[C@@H]4OC(CO)[C@@H](O)[C@H](O)C4O)C3)s2)c1. The van der Waals surface area contributed by atoms with Crippen LogP contribution in [0.25, 0.3) is 10.4 Å². The number of rotatable bonds is 15. The molecule has 2 aromatic carbocycles. The minimum absolute atomic E-state index is 0.104. The van der Waals surface area contributed by atoms with Crippen molar-refractivity contribution >= 4 is 28.9 Å². The smallest absolute Gasteiger partial charge is 0.325 e. The molecule has 15 heteroatoms. The van der Waals surface area contributed by atoms with Gasteiger partial charge in [-0.25, -0.2) is 0 Å². The maximum Gasteiger partial charge on any atom is 0.325 e. The van der Waals surface area contributed by atoms with Crippen LogP contribution in [0.4, 0.5) is 5.69 Å². The lowest BCUT2D eigenvalue weighted by molar-refractivity contribution is -0.301. The highest BCUT2D eigenvalue weighted by Crippen LogP contribution is 2.31. The predicted octanol–water partition coefficient (Wildman–Crippen LogP) is 1.30. The van der Waals surface area contributed by atoms with Gasteiger partial charge in [0, 0.05) is 46.7 Å². The summed E-state index contributed by atoms with van der Waals surface area (Å²) in [5.74, 6) is -0.758. The summed E-state index contributed by atoms with van der Waals surface area (Å²) in [6, 6.07) is 17.6. The highest BCUT2D eigenvalue weighted by Gasteiger charge is 2.44. The zero-order valence-corrected chi connectivity index (χ0v) is 30.8. The van der Waals surface area contributed by atoms with Crippen LogP contribution in [0, 0.1) is 6.92 Å². The van der Waals surface area contributed by atoms with Gasteiger partial charge in [-0.1, -0.05) is 24.3 Å². The number of aryl methyl sites for hydroxylation is 1. The van der Waals surface area contributed by atoms with E-state index in [9.17, 15) is 30.0 Å². The quantitative estimate of drug-likeness (QED) is 0.100. The molecule has 1 saturated carbocycles. The Bertz CT molecular complexity index is 1700. The molecule has 14 nitrogen and oxygen atoms in total. The first-order valence-corrected chi connectivity index (χ1v) is 19.0. The lowest BCUT2D eigenvalue weighted by atomic mass is 9.99. The molecular formula is C38H51N5O9S. The fraction of sp³-hybridized carbons (Fsp3) is 0.526. The van der Waals surface area contributed by atoms with Crippen LogP contribution in [0.3, 0.4) is 0 Å². The second kappa shape index (κ2) is 17.8. The molecule has 0 radical (unpaired) electrons. The number of aliphatic hydroxyl groups excluding tert-OH is 4. The fourth-order valence-corrected chi connectivity index (χ4v) is 7.69. The van der Waals surface area contributed by atoms with Crippen LogP contribution in [-0.4, -0.2) is 114 Å². The molecule has 288 valence electrons. The van der Waals surface area contributed by atoms with Gasteiger partial charge in [-0.3, -0.25) is 9.59 Å². The first kappa shape index (κ1) is 39.2. The number of aliphatic hydroxyl groups is 4. The molecule has 53 heavy (non-hydrogen) atoms. The number of amides is 1. The van der Waals surface area contributed by atoms with Crippen molar-refractivity contribution in [1.82, 2.24) is 16.0 Å². The first-order chi connectivity index (χ1) is 25.5. The summed E-state index contributed by atoms with van der Waals surface area (Å²) < 4.78 is 16.3. The minimum Gasteiger partial charge on any atom is -0.461 e. The van der Waals surface area contributed by atoms with Gasteiger partial charge < -0.3 is 61.6 Å². The molecule has 1 amide bonds. The van der Waals surface area contributed by atoms with Crippen molar-refractivity contribution in [2.24, 2.45) is 5.73 Å². The van der Waals surface area contributed by atoms with Crippen LogP contribution in [0.15, 0.2) is 54.6 Å². The van der Waals surface area contributed by atoms with Gasteiger partial charge in [0.05, 0.1) is 25.3 Å². The zero-order valence-electron chi connectivity index (χ0n) is 29.9. The highest BCUT2D eigenvalue weighted by atomic mass is 32.1.